The number of amides is 1. The Bertz CT molecular complexity index is 624. The maximum absolute atomic E-state index is 12.8. The number of carbonyl (C=O) groups is 1. The van der Waals surface area contributed by atoms with Crippen molar-refractivity contribution in [3.63, 3.8) is 0 Å². The zero-order valence-electron chi connectivity index (χ0n) is 14.2. The average molecular weight is 331 g/mol. The molecule has 0 fully saturated rings. The Hall–Kier alpha value is -1.75. The Morgan fingerprint density at radius 1 is 1.17 bits per heavy atom. The van der Waals surface area contributed by atoms with Gasteiger partial charge in [-0.15, -0.1) is 10.2 Å². The number of carbonyl (C=O) groups excluding carboxylic acids is 1. The van der Waals surface area contributed by atoms with Crippen LogP contribution in [0.4, 0.5) is 5.13 Å². The quantitative estimate of drug-likeness (QED) is 0.812. The smallest absolute Gasteiger partial charge is 0.234 e. The Morgan fingerprint density at radius 2 is 1.87 bits per heavy atom. The number of nitrogens with one attached hydrogen (secondary N) is 1. The van der Waals surface area contributed by atoms with Crippen LogP contribution in [-0.4, -0.2) is 16.1 Å². The summed E-state index contributed by atoms with van der Waals surface area (Å²) in [4.78, 5) is 12.8. The molecule has 0 spiro atoms. The summed E-state index contributed by atoms with van der Waals surface area (Å²) in [6, 6.07) is 9.95. The lowest BCUT2D eigenvalue weighted by Crippen LogP contribution is -2.26. The number of nitrogens with zero attached hydrogens (tertiary/aromatic N) is 2. The third kappa shape index (κ3) is 4.86. The minimum absolute atomic E-state index is 0.00204. The van der Waals surface area contributed by atoms with Gasteiger partial charge >= 0.3 is 0 Å². The molecule has 2 unspecified atom stereocenters. The van der Waals surface area contributed by atoms with E-state index in [1.165, 1.54) is 11.3 Å². The van der Waals surface area contributed by atoms with Gasteiger partial charge < -0.3 is 0 Å². The van der Waals surface area contributed by atoms with Gasteiger partial charge in [-0.05, 0) is 17.4 Å². The van der Waals surface area contributed by atoms with E-state index in [0.29, 0.717) is 11.0 Å². The van der Waals surface area contributed by atoms with E-state index in [9.17, 15) is 4.79 Å². The molecule has 23 heavy (non-hydrogen) atoms. The van der Waals surface area contributed by atoms with Gasteiger partial charge in [-0.25, -0.2) is 0 Å². The van der Waals surface area contributed by atoms with Gasteiger partial charge in [-0.3, -0.25) is 10.1 Å². The number of benzene rings is 1. The zero-order chi connectivity index (χ0) is 16.8. The van der Waals surface area contributed by atoms with Crippen LogP contribution in [0.3, 0.4) is 0 Å². The molecule has 2 aromatic rings. The first-order valence-electron chi connectivity index (χ1n) is 8.19. The fourth-order valence-electron chi connectivity index (χ4n) is 2.55. The molecule has 0 aliphatic carbocycles. The van der Waals surface area contributed by atoms with Gasteiger partial charge in [-0.2, -0.15) is 0 Å². The maximum Gasteiger partial charge on any atom is 0.234 e. The molecular weight excluding hydrogens is 306 g/mol. The minimum Gasteiger partial charge on any atom is -0.300 e. The fraction of sp³-hybridized carbons (Fsp3) is 0.500. The molecular formula is C18H25N3OS. The topological polar surface area (TPSA) is 54.9 Å². The standard InChI is InChI=1S/C18H25N3OS/c1-5-13(4)16(14-9-7-6-8-10-14)17(22)19-18-21-20-15(23-18)11-12(2)3/h6-10,12-13,16H,5,11H2,1-4H3,(H,19,21,22). The van der Waals surface area contributed by atoms with Crippen LogP contribution >= 0.6 is 11.3 Å². The molecule has 2 rings (SSSR count). The van der Waals surface area contributed by atoms with Crippen molar-refractivity contribution in [3.05, 3.63) is 40.9 Å². The molecule has 0 aliphatic heterocycles. The lowest BCUT2D eigenvalue weighted by molar-refractivity contribution is -0.118. The summed E-state index contributed by atoms with van der Waals surface area (Å²) < 4.78 is 0. The first-order valence-corrected chi connectivity index (χ1v) is 9.01. The van der Waals surface area contributed by atoms with Gasteiger partial charge in [0.15, 0.2) is 0 Å². The summed E-state index contributed by atoms with van der Waals surface area (Å²) in [6.45, 7) is 8.52. The first-order chi connectivity index (χ1) is 11.0. The summed E-state index contributed by atoms with van der Waals surface area (Å²) in [5, 5.41) is 12.8. The van der Waals surface area contributed by atoms with Gasteiger partial charge in [0.25, 0.3) is 0 Å². The molecule has 1 aromatic carbocycles. The SMILES string of the molecule is CCC(C)C(C(=O)Nc1nnc(CC(C)C)s1)c1ccccc1. The van der Waals surface area contributed by atoms with Crippen molar-refractivity contribution in [1.29, 1.82) is 0 Å². The molecule has 1 aromatic heterocycles. The van der Waals surface area contributed by atoms with Gasteiger partial charge in [0, 0.05) is 6.42 Å². The number of hydrogen-bond acceptors (Lipinski definition) is 4. The molecule has 4 nitrogen and oxygen atoms in total. The van der Waals surface area contributed by atoms with E-state index in [-0.39, 0.29) is 17.7 Å². The number of hydrogen-bond donors (Lipinski definition) is 1. The van der Waals surface area contributed by atoms with Gasteiger partial charge in [-0.1, -0.05) is 75.8 Å². The predicted molar refractivity (Wildman–Crippen MR) is 95.7 cm³/mol. The van der Waals surface area contributed by atoms with Crippen LogP contribution in [0, 0.1) is 11.8 Å². The Morgan fingerprint density at radius 3 is 2.48 bits per heavy atom. The molecule has 0 aliphatic rings. The predicted octanol–water partition coefficient (Wildman–Crippen LogP) is 4.51. The largest absolute Gasteiger partial charge is 0.300 e. The van der Waals surface area contributed by atoms with Crippen molar-refractivity contribution < 1.29 is 4.79 Å². The highest BCUT2D eigenvalue weighted by molar-refractivity contribution is 7.15. The van der Waals surface area contributed by atoms with Crippen LogP contribution in [0.25, 0.3) is 0 Å². The first kappa shape index (κ1) is 17.6. The van der Waals surface area contributed by atoms with Crippen LogP contribution in [-0.2, 0) is 11.2 Å². The lowest BCUT2D eigenvalue weighted by Gasteiger charge is -2.22. The second-order valence-corrected chi connectivity index (χ2v) is 7.42. The van der Waals surface area contributed by atoms with Crippen molar-refractivity contribution in [2.45, 2.75) is 46.5 Å². The number of anilines is 1. The van der Waals surface area contributed by atoms with E-state index in [2.05, 4.69) is 43.2 Å². The average Bonchev–Trinajstić information content (AvgIpc) is 2.94. The van der Waals surface area contributed by atoms with Crippen LogP contribution in [0.1, 0.15) is 50.6 Å². The highest BCUT2D eigenvalue weighted by atomic mass is 32.1. The molecule has 2 atom stereocenters. The van der Waals surface area contributed by atoms with Crippen molar-refractivity contribution in [1.82, 2.24) is 10.2 Å². The molecule has 124 valence electrons. The molecule has 0 saturated carbocycles. The second kappa shape index (κ2) is 8.20. The van der Waals surface area contributed by atoms with Crippen LogP contribution < -0.4 is 5.32 Å². The summed E-state index contributed by atoms with van der Waals surface area (Å²) >= 11 is 1.47. The summed E-state index contributed by atoms with van der Waals surface area (Å²) in [5.41, 5.74) is 1.05. The van der Waals surface area contributed by atoms with E-state index in [1.54, 1.807) is 0 Å². The van der Waals surface area contributed by atoms with E-state index in [0.717, 1.165) is 23.4 Å². The van der Waals surface area contributed by atoms with Gasteiger partial charge in [0.05, 0.1) is 5.92 Å². The lowest BCUT2D eigenvalue weighted by atomic mass is 9.85. The molecule has 1 amide bonds. The number of aromatic nitrogens is 2. The van der Waals surface area contributed by atoms with Crippen molar-refractivity contribution in [2.75, 3.05) is 5.32 Å². The van der Waals surface area contributed by atoms with E-state index >= 15 is 0 Å². The summed E-state index contributed by atoms with van der Waals surface area (Å²) in [5.74, 6) is 0.626. The Balaban J connectivity index is 2.13. The molecule has 0 saturated heterocycles. The third-order valence-corrected chi connectivity index (χ3v) is 4.79. The monoisotopic (exact) mass is 331 g/mol. The second-order valence-electron chi connectivity index (χ2n) is 6.36. The third-order valence-electron chi connectivity index (χ3n) is 3.93. The number of rotatable bonds is 7. The van der Waals surface area contributed by atoms with Crippen molar-refractivity contribution >= 4 is 22.4 Å². The molecule has 5 heteroatoms. The normalized spacial score (nSPS) is 13.8. The Labute approximate surface area is 142 Å². The molecule has 1 heterocycles. The highest BCUT2D eigenvalue weighted by Gasteiger charge is 2.26. The molecule has 0 bridgehead atoms. The van der Waals surface area contributed by atoms with Gasteiger partial charge in [0.2, 0.25) is 11.0 Å². The van der Waals surface area contributed by atoms with Crippen molar-refractivity contribution in [3.8, 4) is 0 Å². The van der Waals surface area contributed by atoms with Crippen LogP contribution in [0.15, 0.2) is 30.3 Å². The molecule has 0 radical (unpaired) electrons. The van der Waals surface area contributed by atoms with Crippen LogP contribution in [0.5, 0.6) is 0 Å². The minimum atomic E-state index is -0.168. The molecule has 1 N–H and O–H groups in total. The van der Waals surface area contributed by atoms with E-state index < -0.39 is 0 Å². The maximum atomic E-state index is 12.8. The van der Waals surface area contributed by atoms with Crippen molar-refractivity contribution in [2.24, 2.45) is 11.8 Å². The summed E-state index contributed by atoms with van der Waals surface area (Å²) in [6.07, 6.45) is 1.84. The van der Waals surface area contributed by atoms with E-state index in [4.69, 9.17) is 0 Å². The zero-order valence-corrected chi connectivity index (χ0v) is 15.1. The fourth-order valence-corrected chi connectivity index (χ4v) is 3.51. The Kier molecular flexibility index (Phi) is 6.28. The summed E-state index contributed by atoms with van der Waals surface area (Å²) in [7, 11) is 0. The van der Waals surface area contributed by atoms with E-state index in [1.807, 2.05) is 30.3 Å². The highest BCUT2D eigenvalue weighted by Crippen LogP contribution is 2.29. The van der Waals surface area contributed by atoms with Crippen LogP contribution in [0.2, 0.25) is 0 Å². The van der Waals surface area contributed by atoms with Gasteiger partial charge in [0.1, 0.15) is 5.01 Å².